The van der Waals surface area contributed by atoms with Crippen LogP contribution in [-0.2, 0) is 22.3 Å². The molecule has 0 saturated carbocycles. The van der Waals surface area contributed by atoms with Gasteiger partial charge in [-0.3, -0.25) is 0 Å². The Morgan fingerprint density at radius 1 is 0.920 bits per heavy atom. The van der Waals surface area contributed by atoms with Crippen molar-refractivity contribution in [2.24, 2.45) is 7.05 Å². The average Bonchev–Trinajstić information content (AvgIpc) is 3.88. The summed E-state index contributed by atoms with van der Waals surface area (Å²) < 4.78 is 24.2. The fraction of sp³-hybridized carbons (Fsp3) is 0.405. The first-order valence-corrected chi connectivity index (χ1v) is 18.2. The fourth-order valence-electron chi connectivity index (χ4n) is 6.29. The standard InChI is InChI=1S/C37H44N8O4S/c1-5-28(3)45-36(46)44(26-39-45)32-12-10-30(11-13-32)42-18-20-43(21-19-42)31-14-16-33(17-15-31)47-22-34-23-48-37(49-34,29-8-6-27(2)7-9-29)24-50-35-40-38-25-41(35)4/h6-17,25-26,28,34H,5,18-24H2,1-4H3/t28-,34-,37-/m1/s1. The molecule has 12 nitrogen and oxygen atoms in total. The summed E-state index contributed by atoms with van der Waals surface area (Å²) in [6.07, 6.45) is 3.93. The average molecular weight is 697 g/mol. The van der Waals surface area contributed by atoms with E-state index in [0.29, 0.717) is 19.0 Å². The minimum absolute atomic E-state index is 0.0711. The molecular formula is C37H44N8O4S. The van der Waals surface area contributed by atoms with Gasteiger partial charge in [0, 0.05) is 50.2 Å². The normalized spacial score (nSPS) is 20.0. The van der Waals surface area contributed by atoms with Gasteiger partial charge in [-0.05, 0) is 68.8 Å². The van der Waals surface area contributed by atoms with Crippen LogP contribution in [0.1, 0.15) is 37.4 Å². The summed E-state index contributed by atoms with van der Waals surface area (Å²) in [5.41, 5.74) is 5.19. The molecule has 50 heavy (non-hydrogen) atoms. The van der Waals surface area contributed by atoms with E-state index in [2.05, 4.69) is 87.5 Å². The van der Waals surface area contributed by atoms with E-state index >= 15 is 0 Å². The van der Waals surface area contributed by atoms with Crippen LogP contribution in [0.3, 0.4) is 0 Å². The summed E-state index contributed by atoms with van der Waals surface area (Å²) in [6, 6.07) is 24.8. The highest BCUT2D eigenvalue weighted by molar-refractivity contribution is 7.99. The van der Waals surface area contributed by atoms with Gasteiger partial charge in [-0.1, -0.05) is 48.5 Å². The van der Waals surface area contributed by atoms with E-state index in [-0.39, 0.29) is 17.8 Å². The number of ether oxygens (including phenoxy) is 3. The molecule has 2 aliphatic rings. The highest BCUT2D eigenvalue weighted by atomic mass is 32.2. The number of hydrogen-bond donors (Lipinski definition) is 0. The molecule has 2 aliphatic heterocycles. The zero-order valence-corrected chi connectivity index (χ0v) is 29.8. The third-order valence-electron chi connectivity index (χ3n) is 9.52. The lowest BCUT2D eigenvalue weighted by Crippen LogP contribution is -2.46. The summed E-state index contributed by atoms with van der Waals surface area (Å²) in [6.45, 7) is 10.6. The molecule has 0 aliphatic carbocycles. The number of nitrogens with zero attached hydrogens (tertiary/aromatic N) is 8. The van der Waals surface area contributed by atoms with E-state index in [9.17, 15) is 4.79 Å². The van der Waals surface area contributed by atoms with Crippen molar-refractivity contribution in [3.8, 4) is 11.4 Å². The molecular weight excluding hydrogens is 653 g/mol. The van der Waals surface area contributed by atoms with E-state index in [1.165, 1.54) is 11.3 Å². The Labute approximate surface area is 296 Å². The van der Waals surface area contributed by atoms with Crippen LogP contribution in [0.4, 0.5) is 11.4 Å². The Kier molecular flexibility index (Phi) is 9.97. The summed E-state index contributed by atoms with van der Waals surface area (Å²) in [5.74, 6) is 0.438. The van der Waals surface area contributed by atoms with Gasteiger partial charge in [0.15, 0.2) is 5.16 Å². The van der Waals surface area contributed by atoms with Crippen LogP contribution >= 0.6 is 11.8 Å². The highest BCUT2D eigenvalue weighted by Gasteiger charge is 2.44. The van der Waals surface area contributed by atoms with Gasteiger partial charge >= 0.3 is 5.69 Å². The van der Waals surface area contributed by atoms with Gasteiger partial charge in [0.1, 0.15) is 31.1 Å². The number of benzene rings is 3. The van der Waals surface area contributed by atoms with Crippen LogP contribution in [0.5, 0.6) is 5.75 Å². The van der Waals surface area contributed by atoms with Crippen LogP contribution in [0.25, 0.3) is 5.69 Å². The van der Waals surface area contributed by atoms with Gasteiger partial charge in [0.25, 0.3) is 0 Å². The Morgan fingerprint density at radius 3 is 2.18 bits per heavy atom. The van der Waals surface area contributed by atoms with Crippen LogP contribution in [-0.4, -0.2) is 80.4 Å². The first-order chi connectivity index (χ1) is 24.3. The molecule has 0 spiro atoms. The third-order valence-corrected chi connectivity index (χ3v) is 10.7. The molecule has 0 unspecified atom stereocenters. The number of aromatic nitrogens is 6. The second-order valence-electron chi connectivity index (χ2n) is 13.0. The Morgan fingerprint density at radius 2 is 1.56 bits per heavy atom. The lowest BCUT2D eigenvalue weighted by atomic mass is 10.1. The molecule has 7 rings (SSSR count). The number of hydrogen-bond acceptors (Lipinski definition) is 10. The quantitative estimate of drug-likeness (QED) is 0.162. The predicted molar refractivity (Wildman–Crippen MR) is 195 cm³/mol. The molecule has 13 heteroatoms. The SMILES string of the molecule is CC[C@@H](C)n1ncn(-c2ccc(N3CCN(c4ccc(OC[C@@H]5CO[C@@](CSc6nncn6C)(c6ccc(C)cc6)O5)cc4)CC3)cc2)c1=O. The second kappa shape index (κ2) is 14.7. The minimum atomic E-state index is -0.900. The molecule has 0 amide bonds. The molecule has 0 N–H and O–H groups in total. The topological polar surface area (TPSA) is 105 Å². The van der Waals surface area contributed by atoms with Crippen molar-refractivity contribution in [2.45, 2.75) is 50.3 Å². The number of anilines is 2. The monoisotopic (exact) mass is 696 g/mol. The van der Waals surface area contributed by atoms with E-state index in [4.69, 9.17) is 14.2 Å². The Bertz CT molecular complexity index is 1920. The van der Waals surface area contributed by atoms with Gasteiger partial charge in [0.05, 0.1) is 24.1 Å². The van der Waals surface area contributed by atoms with Crippen molar-refractivity contribution >= 4 is 23.1 Å². The molecule has 3 aromatic carbocycles. The molecule has 4 heterocycles. The molecule has 0 radical (unpaired) electrons. The van der Waals surface area contributed by atoms with Crippen molar-refractivity contribution in [1.82, 2.24) is 29.1 Å². The molecule has 3 atom stereocenters. The second-order valence-corrected chi connectivity index (χ2v) is 13.9. The first kappa shape index (κ1) is 33.9. The third kappa shape index (κ3) is 7.16. The van der Waals surface area contributed by atoms with Crippen LogP contribution in [0.15, 0.2) is 95.4 Å². The zero-order chi connectivity index (χ0) is 34.7. The molecule has 2 fully saturated rings. The van der Waals surface area contributed by atoms with Crippen LogP contribution in [0, 0.1) is 6.92 Å². The van der Waals surface area contributed by atoms with Crippen molar-refractivity contribution in [3.05, 3.63) is 107 Å². The molecule has 0 bridgehead atoms. The summed E-state index contributed by atoms with van der Waals surface area (Å²) >= 11 is 1.56. The minimum Gasteiger partial charge on any atom is -0.491 e. The number of piperazine rings is 1. The predicted octanol–water partition coefficient (Wildman–Crippen LogP) is 5.21. The zero-order valence-electron chi connectivity index (χ0n) is 29.0. The largest absolute Gasteiger partial charge is 0.491 e. The summed E-state index contributed by atoms with van der Waals surface area (Å²) in [4.78, 5) is 17.6. The molecule has 2 saturated heterocycles. The summed E-state index contributed by atoms with van der Waals surface area (Å²) in [5, 5.41) is 13.3. The van der Waals surface area contributed by atoms with Crippen molar-refractivity contribution in [1.29, 1.82) is 0 Å². The maximum absolute atomic E-state index is 12.8. The molecule has 2 aromatic heterocycles. The van der Waals surface area contributed by atoms with Gasteiger partial charge in [0.2, 0.25) is 5.79 Å². The van der Waals surface area contributed by atoms with Gasteiger partial charge in [-0.25, -0.2) is 14.0 Å². The van der Waals surface area contributed by atoms with Crippen LogP contribution in [0.2, 0.25) is 0 Å². The number of thioether (sulfide) groups is 1. The first-order valence-electron chi connectivity index (χ1n) is 17.2. The van der Waals surface area contributed by atoms with Crippen LogP contribution < -0.4 is 20.2 Å². The number of rotatable bonds is 12. The maximum Gasteiger partial charge on any atom is 0.350 e. The van der Waals surface area contributed by atoms with Gasteiger partial charge in [-0.2, -0.15) is 5.10 Å². The lowest BCUT2D eigenvalue weighted by molar-refractivity contribution is -0.160. The maximum atomic E-state index is 12.8. The Hall–Kier alpha value is -4.59. The Balaban J connectivity index is 0.914. The van der Waals surface area contributed by atoms with E-state index < -0.39 is 5.79 Å². The molecule has 5 aromatic rings. The van der Waals surface area contributed by atoms with Crippen molar-refractivity contribution < 1.29 is 14.2 Å². The van der Waals surface area contributed by atoms with E-state index in [0.717, 1.165) is 60.4 Å². The highest BCUT2D eigenvalue weighted by Crippen LogP contribution is 2.39. The summed E-state index contributed by atoms with van der Waals surface area (Å²) in [7, 11) is 1.93. The van der Waals surface area contributed by atoms with Crippen molar-refractivity contribution in [2.75, 3.05) is 54.9 Å². The van der Waals surface area contributed by atoms with E-state index in [1.807, 2.05) is 42.8 Å². The van der Waals surface area contributed by atoms with Gasteiger partial charge in [-0.15, -0.1) is 10.2 Å². The number of aryl methyl sites for hydroxylation is 2. The smallest absolute Gasteiger partial charge is 0.350 e. The fourth-order valence-corrected chi connectivity index (χ4v) is 7.28. The van der Waals surface area contributed by atoms with Crippen molar-refractivity contribution in [3.63, 3.8) is 0 Å². The van der Waals surface area contributed by atoms with Gasteiger partial charge < -0.3 is 28.6 Å². The van der Waals surface area contributed by atoms with E-state index in [1.54, 1.807) is 33.7 Å². The molecule has 262 valence electrons. The lowest BCUT2D eigenvalue weighted by Gasteiger charge is -2.37.